The number of amides is 2. The molecular weight excluding hydrogens is 426 g/mol. The van der Waals surface area contributed by atoms with Crippen LogP contribution in [0, 0.1) is 23.7 Å². The van der Waals surface area contributed by atoms with Crippen LogP contribution in [0.2, 0.25) is 0 Å². The summed E-state index contributed by atoms with van der Waals surface area (Å²) in [6.45, 7) is 1.48. The molecule has 2 bridgehead atoms. The van der Waals surface area contributed by atoms with E-state index in [-0.39, 0.29) is 50.9 Å². The molecule has 1 aliphatic heterocycles. The molecule has 0 N–H and O–H groups in total. The van der Waals surface area contributed by atoms with Crippen molar-refractivity contribution in [3.8, 4) is 0 Å². The number of fused-ring (bicyclic) bond motifs is 5. The van der Waals surface area contributed by atoms with Gasteiger partial charge in [-0.15, -0.1) is 0 Å². The zero-order chi connectivity index (χ0) is 16.5. The molecule has 120 valence electrons. The largest absolute Gasteiger partial charge is 0.295 e. The number of anilines is 1. The van der Waals surface area contributed by atoms with Crippen molar-refractivity contribution in [1.82, 2.24) is 0 Å². The highest BCUT2D eigenvalue weighted by Crippen LogP contribution is 2.60. The van der Waals surface area contributed by atoms with Crippen molar-refractivity contribution >= 4 is 55.1 Å². The maximum Gasteiger partial charge on any atom is 0.238 e. The highest BCUT2D eigenvalue weighted by Gasteiger charge is 2.66. The van der Waals surface area contributed by atoms with Crippen molar-refractivity contribution in [2.24, 2.45) is 23.7 Å². The van der Waals surface area contributed by atoms with Crippen LogP contribution >= 0.6 is 31.9 Å². The number of nitrogens with zero attached hydrogens (tertiary/aromatic N) is 1. The first-order chi connectivity index (χ1) is 10.9. The van der Waals surface area contributed by atoms with E-state index in [2.05, 4.69) is 31.9 Å². The molecule has 0 radical (unpaired) electrons. The first kappa shape index (κ1) is 15.5. The number of alkyl halides is 2. The summed E-state index contributed by atoms with van der Waals surface area (Å²) in [5.41, 5.74) is 1.03. The fourth-order valence-corrected chi connectivity index (χ4v) is 6.34. The Kier molecular flexibility index (Phi) is 3.54. The monoisotopic (exact) mass is 439 g/mol. The molecule has 1 aromatic rings. The normalized spacial score (nSPS) is 38.3. The maximum absolute atomic E-state index is 12.9. The lowest BCUT2D eigenvalue weighted by Gasteiger charge is -2.28. The molecule has 3 aliphatic rings. The van der Waals surface area contributed by atoms with E-state index in [0.29, 0.717) is 11.3 Å². The number of benzene rings is 1. The van der Waals surface area contributed by atoms with Gasteiger partial charge in [0.1, 0.15) is 0 Å². The van der Waals surface area contributed by atoms with Gasteiger partial charge >= 0.3 is 0 Å². The Morgan fingerprint density at radius 2 is 1.65 bits per heavy atom. The maximum atomic E-state index is 12.9. The van der Waals surface area contributed by atoms with Crippen molar-refractivity contribution in [3.05, 3.63) is 29.8 Å². The van der Waals surface area contributed by atoms with Crippen LogP contribution in [0.25, 0.3) is 0 Å². The lowest BCUT2D eigenvalue weighted by molar-refractivity contribution is -0.123. The molecule has 6 heteroatoms. The van der Waals surface area contributed by atoms with Gasteiger partial charge in [-0.3, -0.25) is 19.3 Å². The fraction of sp³-hybridized carbons (Fsp3) is 0.471. The molecule has 0 unspecified atom stereocenters. The van der Waals surface area contributed by atoms with E-state index in [1.807, 2.05) is 0 Å². The van der Waals surface area contributed by atoms with Crippen LogP contribution in [-0.4, -0.2) is 27.3 Å². The Bertz CT molecular complexity index is 702. The van der Waals surface area contributed by atoms with Gasteiger partial charge in [-0.05, 0) is 37.3 Å². The average Bonchev–Trinajstić information content (AvgIpc) is 3.12. The SMILES string of the molecule is CC(=O)c1cccc(N2C(=O)[C@@H]3[C@H]4C[C@@H]([C@@H](Br)[C@H]4Br)[C@H]3C2=O)c1. The zero-order valence-electron chi connectivity index (χ0n) is 12.4. The summed E-state index contributed by atoms with van der Waals surface area (Å²) in [4.78, 5) is 39.1. The number of imide groups is 1. The third kappa shape index (κ3) is 2.03. The summed E-state index contributed by atoms with van der Waals surface area (Å²) >= 11 is 7.36. The molecule has 2 aliphatic carbocycles. The summed E-state index contributed by atoms with van der Waals surface area (Å²) in [5, 5.41) is 0. The Morgan fingerprint density at radius 3 is 2.17 bits per heavy atom. The molecule has 6 atom stereocenters. The number of Topliss-reactive ketones (excluding diaryl/α,β-unsaturated/α-hetero) is 1. The summed E-state index contributed by atoms with van der Waals surface area (Å²) in [5.74, 6) is -0.363. The van der Waals surface area contributed by atoms with Gasteiger partial charge in [0, 0.05) is 15.2 Å². The van der Waals surface area contributed by atoms with E-state index in [4.69, 9.17) is 0 Å². The minimum absolute atomic E-state index is 0.0766. The lowest BCUT2D eigenvalue weighted by atomic mass is 9.81. The Hall–Kier alpha value is -1.01. The van der Waals surface area contributed by atoms with Crippen molar-refractivity contribution in [1.29, 1.82) is 0 Å². The van der Waals surface area contributed by atoms with Crippen LogP contribution < -0.4 is 4.90 Å². The van der Waals surface area contributed by atoms with E-state index < -0.39 is 0 Å². The van der Waals surface area contributed by atoms with Crippen LogP contribution in [-0.2, 0) is 9.59 Å². The highest BCUT2D eigenvalue weighted by molar-refractivity contribution is 9.12. The Morgan fingerprint density at radius 1 is 1.09 bits per heavy atom. The quantitative estimate of drug-likeness (QED) is 0.403. The first-order valence-corrected chi connectivity index (χ1v) is 9.52. The highest BCUT2D eigenvalue weighted by atomic mass is 79.9. The van der Waals surface area contributed by atoms with Gasteiger partial charge in [-0.25, -0.2) is 0 Å². The summed E-state index contributed by atoms with van der Waals surface area (Å²) in [6, 6.07) is 6.78. The van der Waals surface area contributed by atoms with Crippen molar-refractivity contribution in [2.75, 3.05) is 4.90 Å². The predicted molar refractivity (Wildman–Crippen MR) is 92.9 cm³/mol. The van der Waals surface area contributed by atoms with E-state index in [1.54, 1.807) is 24.3 Å². The summed E-state index contributed by atoms with van der Waals surface area (Å²) in [7, 11) is 0. The van der Waals surface area contributed by atoms with E-state index >= 15 is 0 Å². The van der Waals surface area contributed by atoms with E-state index in [9.17, 15) is 14.4 Å². The molecule has 4 nitrogen and oxygen atoms in total. The second kappa shape index (κ2) is 5.24. The number of hydrogen-bond acceptors (Lipinski definition) is 3. The molecule has 0 spiro atoms. The summed E-state index contributed by atoms with van der Waals surface area (Å²) in [6.07, 6.45) is 0.917. The second-order valence-electron chi connectivity index (χ2n) is 6.62. The molecule has 1 saturated heterocycles. The third-order valence-corrected chi connectivity index (χ3v) is 8.70. The zero-order valence-corrected chi connectivity index (χ0v) is 15.6. The molecule has 3 fully saturated rings. The van der Waals surface area contributed by atoms with E-state index in [1.165, 1.54) is 11.8 Å². The Balaban J connectivity index is 1.73. The molecule has 23 heavy (non-hydrogen) atoms. The van der Waals surface area contributed by atoms with Gasteiger partial charge in [0.05, 0.1) is 17.5 Å². The van der Waals surface area contributed by atoms with E-state index in [0.717, 1.165) is 6.42 Å². The van der Waals surface area contributed by atoms with Gasteiger partial charge in [0.25, 0.3) is 0 Å². The van der Waals surface area contributed by atoms with Gasteiger partial charge in [-0.2, -0.15) is 0 Å². The molecular formula is C17H15Br2NO3. The number of carbonyl (C=O) groups is 3. The standard InChI is InChI=1S/C17H15Br2NO3/c1-7(21)8-3-2-4-9(5-8)20-16(22)12-10-6-11(13(12)17(20)23)15(19)14(10)18/h2-5,10-15H,6H2,1H3/t10-,11-,12-,13-,14-,15+/m1/s1. The van der Waals surface area contributed by atoms with Crippen LogP contribution in [0.4, 0.5) is 5.69 Å². The summed E-state index contributed by atoms with van der Waals surface area (Å²) < 4.78 is 0. The number of rotatable bonds is 2. The molecule has 1 aromatic carbocycles. The second-order valence-corrected chi connectivity index (χ2v) is 8.74. The Labute approximate surface area is 150 Å². The molecule has 4 rings (SSSR count). The molecule has 1 heterocycles. The number of carbonyl (C=O) groups excluding carboxylic acids is 3. The average molecular weight is 441 g/mol. The number of ketones is 1. The minimum atomic E-state index is -0.230. The van der Waals surface area contributed by atoms with Crippen LogP contribution in [0.15, 0.2) is 24.3 Å². The van der Waals surface area contributed by atoms with Crippen molar-refractivity contribution < 1.29 is 14.4 Å². The topological polar surface area (TPSA) is 54.5 Å². The van der Waals surface area contributed by atoms with Crippen LogP contribution in [0.1, 0.15) is 23.7 Å². The number of hydrogen-bond donors (Lipinski definition) is 0. The number of halogens is 2. The molecule has 2 saturated carbocycles. The first-order valence-electron chi connectivity index (χ1n) is 7.68. The minimum Gasteiger partial charge on any atom is -0.295 e. The lowest BCUT2D eigenvalue weighted by Crippen LogP contribution is -2.37. The smallest absolute Gasteiger partial charge is 0.238 e. The predicted octanol–water partition coefficient (Wildman–Crippen LogP) is 3.17. The van der Waals surface area contributed by atoms with Crippen LogP contribution in [0.5, 0.6) is 0 Å². The fourth-order valence-electron chi connectivity index (χ4n) is 4.47. The van der Waals surface area contributed by atoms with Gasteiger partial charge in [0.2, 0.25) is 11.8 Å². The van der Waals surface area contributed by atoms with Crippen LogP contribution in [0.3, 0.4) is 0 Å². The van der Waals surface area contributed by atoms with Crippen molar-refractivity contribution in [3.63, 3.8) is 0 Å². The van der Waals surface area contributed by atoms with Gasteiger partial charge in [0.15, 0.2) is 5.78 Å². The molecule has 2 amide bonds. The third-order valence-electron chi connectivity index (χ3n) is 5.50. The van der Waals surface area contributed by atoms with Gasteiger partial charge < -0.3 is 0 Å². The van der Waals surface area contributed by atoms with Crippen molar-refractivity contribution in [2.45, 2.75) is 23.0 Å². The van der Waals surface area contributed by atoms with Gasteiger partial charge in [-0.1, -0.05) is 44.0 Å². The molecule has 0 aromatic heterocycles.